The summed E-state index contributed by atoms with van der Waals surface area (Å²) in [6.45, 7) is 6.48. The summed E-state index contributed by atoms with van der Waals surface area (Å²) < 4.78 is 5.69. The predicted octanol–water partition coefficient (Wildman–Crippen LogP) is 2.91. The third-order valence-electron chi connectivity index (χ3n) is 3.47. The van der Waals surface area contributed by atoms with E-state index in [4.69, 9.17) is 10.5 Å². The lowest BCUT2D eigenvalue weighted by Crippen LogP contribution is -2.28. The van der Waals surface area contributed by atoms with Crippen LogP contribution in [0.4, 0.5) is 0 Å². The van der Waals surface area contributed by atoms with Crippen molar-refractivity contribution in [3.63, 3.8) is 0 Å². The topological polar surface area (TPSA) is 35.2 Å². The zero-order valence-electron chi connectivity index (χ0n) is 9.83. The fraction of sp³-hybridized carbons (Fsp3) is 1.00. The van der Waals surface area contributed by atoms with Crippen molar-refractivity contribution in [3.05, 3.63) is 0 Å². The summed E-state index contributed by atoms with van der Waals surface area (Å²) in [7, 11) is 0. The molecule has 4 atom stereocenters. The van der Waals surface area contributed by atoms with Gasteiger partial charge in [-0.3, -0.25) is 0 Å². The summed E-state index contributed by atoms with van der Waals surface area (Å²) in [4.78, 5) is 0. The Hall–Kier alpha value is -0.0800. The van der Waals surface area contributed by atoms with Crippen LogP contribution in [0.3, 0.4) is 0 Å². The molecule has 2 N–H and O–H groups in total. The molecule has 0 spiro atoms. The van der Waals surface area contributed by atoms with Crippen LogP contribution in [-0.4, -0.2) is 12.3 Å². The van der Waals surface area contributed by atoms with E-state index in [-0.39, 0.29) is 6.23 Å². The number of ether oxygens (including phenoxy) is 1. The van der Waals surface area contributed by atoms with E-state index in [1.807, 2.05) is 6.92 Å². The highest BCUT2D eigenvalue weighted by Gasteiger charge is 2.26. The Morgan fingerprint density at radius 2 is 2.14 bits per heavy atom. The zero-order chi connectivity index (χ0) is 10.6. The smallest absolute Gasteiger partial charge is 0.103 e. The molecule has 0 radical (unpaired) electrons. The average molecular weight is 199 g/mol. The van der Waals surface area contributed by atoms with Gasteiger partial charge in [0.05, 0.1) is 6.10 Å². The SMILES string of the molecule is CCC(CC1CCCC1C)OC(C)N. The highest BCUT2D eigenvalue weighted by atomic mass is 16.5. The molecule has 0 saturated heterocycles. The molecule has 1 aliphatic rings. The fourth-order valence-electron chi connectivity index (χ4n) is 2.53. The first-order valence-corrected chi connectivity index (χ1v) is 6.04. The van der Waals surface area contributed by atoms with Gasteiger partial charge in [-0.15, -0.1) is 0 Å². The van der Waals surface area contributed by atoms with Crippen molar-refractivity contribution in [2.24, 2.45) is 17.6 Å². The van der Waals surface area contributed by atoms with Gasteiger partial charge in [0.25, 0.3) is 0 Å². The summed E-state index contributed by atoms with van der Waals surface area (Å²) in [5.74, 6) is 1.76. The van der Waals surface area contributed by atoms with Crippen molar-refractivity contribution in [2.45, 2.75) is 65.2 Å². The van der Waals surface area contributed by atoms with Crippen molar-refractivity contribution >= 4 is 0 Å². The van der Waals surface area contributed by atoms with Gasteiger partial charge in [-0.1, -0.05) is 33.1 Å². The van der Waals surface area contributed by atoms with Crippen molar-refractivity contribution < 1.29 is 4.74 Å². The lowest BCUT2D eigenvalue weighted by Gasteiger charge is -2.24. The van der Waals surface area contributed by atoms with Crippen molar-refractivity contribution in [1.82, 2.24) is 0 Å². The lowest BCUT2D eigenvalue weighted by molar-refractivity contribution is -0.0156. The van der Waals surface area contributed by atoms with Crippen LogP contribution in [0.25, 0.3) is 0 Å². The lowest BCUT2D eigenvalue weighted by atomic mass is 9.91. The van der Waals surface area contributed by atoms with E-state index in [1.54, 1.807) is 0 Å². The molecule has 84 valence electrons. The van der Waals surface area contributed by atoms with Crippen molar-refractivity contribution in [2.75, 3.05) is 0 Å². The molecule has 0 aromatic rings. The second-order valence-corrected chi connectivity index (χ2v) is 4.78. The van der Waals surface area contributed by atoms with Crippen LogP contribution in [0.15, 0.2) is 0 Å². The van der Waals surface area contributed by atoms with Crippen LogP contribution in [0.2, 0.25) is 0 Å². The maximum absolute atomic E-state index is 5.69. The van der Waals surface area contributed by atoms with Gasteiger partial charge in [0.15, 0.2) is 0 Å². The molecule has 0 aliphatic heterocycles. The van der Waals surface area contributed by atoms with E-state index >= 15 is 0 Å². The second kappa shape index (κ2) is 5.72. The summed E-state index contributed by atoms with van der Waals surface area (Å²) >= 11 is 0. The van der Waals surface area contributed by atoms with Crippen molar-refractivity contribution in [1.29, 1.82) is 0 Å². The monoisotopic (exact) mass is 199 g/mol. The summed E-state index contributed by atoms with van der Waals surface area (Å²) in [5, 5.41) is 0. The predicted molar refractivity (Wildman–Crippen MR) is 59.9 cm³/mol. The number of nitrogens with two attached hydrogens (primary N) is 1. The molecule has 1 fully saturated rings. The standard InChI is InChI=1S/C12H25NO/c1-4-12(14-10(3)13)8-11-7-5-6-9(11)2/h9-12H,4-8,13H2,1-3H3. The minimum atomic E-state index is -0.114. The highest BCUT2D eigenvalue weighted by molar-refractivity contribution is 4.77. The Kier molecular flexibility index (Phi) is 4.90. The number of hydrogen-bond donors (Lipinski definition) is 1. The van der Waals surface area contributed by atoms with Gasteiger partial charge in [0.1, 0.15) is 6.23 Å². The largest absolute Gasteiger partial charge is 0.361 e. The van der Waals surface area contributed by atoms with Gasteiger partial charge < -0.3 is 10.5 Å². The Morgan fingerprint density at radius 3 is 2.57 bits per heavy atom. The van der Waals surface area contributed by atoms with Crippen LogP contribution in [-0.2, 0) is 4.74 Å². The Labute approximate surface area is 88.2 Å². The molecule has 0 bridgehead atoms. The number of hydrogen-bond acceptors (Lipinski definition) is 2. The zero-order valence-corrected chi connectivity index (χ0v) is 9.83. The molecule has 2 nitrogen and oxygen atoms in total. The Balaban J connectivity index is 2.31. The van der Waals surface area contributed by atoms with Crippen molar-refractivity contribution in [3.8, 4) is 0 Å². The molecule has 2 heteroatoms. The molecule has 14 heavy (non-hydrogen) atoms. The van der Waals surface area contributed by atoms with Crippen LogP contribution in [0, 0.1) is 11.8 Å². The van der Waals surface area contributed by atoms with Gasteiger partial charge >= 0.3 is 0 Å². The highest BCUT2D eigenvalue weighted by Crippen LogP contribution is 2.35. The van der Waals surface area contributed by atoms with Crippen LogP contribution in [0.5, 0.6) is 0 Å². The molecular weight excluding hydrogens is 174 g/mol. The normalized spacial score (nSPS) is 31.7. The molecule has 0 heterocycles. The Bertz CT molecular complexity index is 158. The van der Waals surface area contributed by atoms with Gasteiger partial charge in [-0.05, 0) is 31.6 Å². The fourth-order valence-corrected chi connectivity index (χ4v) is 2.53. The third kappa shape index (κ3) is 3.58. The van der Waals surface area contributed by atoms with E-state index in [2.05, 4.69) is 13.8 Å². The van der Waals surface area contributed by atoms with Gasteiger partial charge in [0, 0.05) is 0 Å². The van der Waals surface area contributed by atoms with E-state index in [1.165, 1.54) is 25.7 Å². The number of rotatable bonds is 5. The van der Waals surface area contributed by atoms with Gasteiger partial charge in [0.2, 0.25) is 0 Å². The Morgan fingerprint density at radius 1 is 1.43 bits per heavy atom. The second-order valence-electron chi connectivity index (χ2n) is 4.78. The molecule has 1 aliphatic carbocycles. The van der Waals surface area contributed by atoms with Crippen LogP contribution in [0.1, 0.15) is 52.9 Å². The summed E-state index contributed by atoms with van der Waals surface area (Å²) in [6, 6.07) is 0. The van der Waals surface area contributed by atoms with Gasteiger partial charge in [-0.2, -0.15) is 0 Å². The quantitative estimate of drug-likeness (QED) is 0.691. The maximum Gasteiger partial charge on any atom is 0.103 e. The molecule has 1 rings (SSSR count). The summed E-state index contributed by atoms with van der Waals surface area (Å²) in [6.07, 6.45) is 6.75. The van der Waals surface area contributed by atoms with E-state index in [9.17, 15) is 0 Å². The van der Waals surface area contributed by atoms with E-state index < -0.39 is 0 Å². The molecule has 0 aromatic heterocycles. The summed E-state index contributed by atoms with van der Waals surface area (Å²) in [5.41, 5.74) is 5.66. The van der Waals surface area contributed by atoms with E-state index in [0.29, 0.717) is 6.10 Å². The first-order valence-electron chi connectivity index (χ1n) is 6.04. The molecule has 0 aromatic carbocycles. The molecular formula is C12H25NO. The van der Waals surface area contributed by atoms with Gasteiger partial charge in [-0.25, -0.2) is 0 Å². The maximum atomic E-state index is 5.69. The molecule has 1 saturated carbocycles. The van der Waals surface area contributed by atoms with Crippen LogP contribution >= 0.6 is 0 Å². The molecule has 0 amide bonds. The molecule has 4 unspecified atom stereocenters. The third-order valence-corrected chi connectivity index (χ3v) is 3.47. The first-order chi connectivity index (χ1) is 6.63. The first kappa shape index (κ1) is 12.0. The minimum Gasteiger partial charge on any atom is -0.361 e. The minimum absolute atomic E-state index is 0.114. The van der Waals surface area contributed by atoms with Crippen LogP contribution < -0.4 is 5.73 Å². The van der Waals surface area contributed by atoms with E-state index in [0.717, 1.165) is 18.3 Å². The average Bonchev–Trinajstić information content (AvgIpc) is 2.50.